The van der Waals surface area contributed by atoms with E-state index in [1.165, 1.54) is 6.42 Å². The molecule has 3 rings (SSSR count). The lowest BCUT2D eigenvalue weighted by molar-refractivity contribution is 0.548. The molecule has 1 saturated heterocycles. The van der Waals surface area contributed by atoms with Crippen LogP contribution in [0.4, 0.5) is 5.82 Å². The van der Waals surface area contributed by atoms with Crippen molar-refractivity contribution in [1.29, 1.82) is 0 Å². The van der Waals surface area contributed by atoms with Gasteiger partial charge in [0.2, 0.25) is 0 Å². The fourth-order valence-corrected chi connectivity index (χ4v) is 2.96. The molecule has 17 heavy (non-hydrogen) atoms. The molecule has 0 radical (unpaired) electrons. The van der Waals surface area contributed by atoms with E-state index in [1.807, 2.05) is 18.3 Å². The minimum absolute atomic E-state index is 0.398. The average molecular weight is 251 g/mol. The molecule has 2 atom stereocenters. The van der Waals surface area contributed by atoms with E-state index in [2.05, 4.69) is 21.9 Å². The third-order valence-corrected chi connectivity index (χ3v) is 3.89. The summed E-state index contributed by atoms with van der Waals surface area (Å²) in [4.78, 5) is 6.93. The topological polar surface area (TPSA) is 33.4 Å². The van der Waals surface area contributed by atoms with Crippen LogP contribution in [0.3, 0.4) is 0 Å². The van der Waals surface area contributed by atoms with Gasteiger partial charge in [-0.2, -0.15) is 5.10 Å². The third kappa shape index (κ3) is 1.76. The van der Waals surface area contributed by atoms with E-state index in [0.717, 1.165) is 18.0 Å². The quantitative estimate of drug-likeness (QED) is 0.766. The molecule has 0 spiro atoms. The minimum atomic E-state index is 0.398. The summed E-state index contributed by atoms with van der Waals surface area (Å²) in [6, 6.07) is 4.32. The predicted molar refractivity (Wildman–Crippen MR) is 68.6 cm³/mol. The summed E-state index contributed by atoms with van der Waals surface area (Å²) >= 11 is 6.06. The van der Waals surface area contributed by atoms with Crippen molar-refractivity contribution in [2.24, 2.45) is 5.92 Å². The molecule has 1 aliphatic rings. The van der Waals surface area contributed by atoms with Gasteiger partial charge in [-0.25, -0.2) is 9.50 Å². The first-order valence-electron chi connectivity index (χ1n) is 5.92. The van der Waals surface area contributed by atoms with Crippen LogP contribution in [-0.2, 0) is 0 Å². The molecule has 0 aliphatic carbocycles. The maximum atomic E-state index is 6.06. The molecule has 2 aromatic heterocycles. The van der Waals surface area contributed by atoms with Gasteiger partial charge >= 0.3 is 0 Å². The summed E-state index contributed by atoms with van der Waals surface area (Å²) in [7, 11) is 0. The summed E-state index contributed by atoms with van der Waals surface area (Å²) in [5.41, 5.74) is 0.885. The fourth-order valence-electron chi connectivity index (χ4n) is 2.49. The highest BCUT2D eigenvalue weighted by molar-refractivity contribution is 6.18. The van der Waals surface area contributed by atoms with Crippen LogP contribution >= 0.6 is 11.6 Å². The van der Waals surface area contributed by atoms with Crippen LogP contribution in [-0.4, -0.2) is 33.1 Å². The number of anilines is 1. The van der Waals surface area contributed by atoms with E-state index < -0.39 is 0 Å². The smallest absolute Gasteiger partial charge is 0.157 e. The number of aromatic nitrogens is 3. The number of hydrogen-bond donors (Lipinski definition) is 0. The van der Waals surface area contributed by atoms with Gasteiger partial charge in [-0.1, -0.05) is 6.92 Å². The van der Waals surface area contributed by atoms with Gasteiger partial charge in [0.1, 0.15) is 5.82 Å². The first kappa shape index (κ1) is 10.8. The molecule has 4 nitrogen and oxygen atoms in total. The van der Waals surface area contributed by atoms with Crippen LogP contribution < -0.4 is 4.90 Å². The Balaban J connectivity index is 1.97. The van der Waals surface area contributed by atoms with E-state index >= 15 is 0 Å². The van der Waals surface area contributed by atoms with Crippen LogP contribution in [0.25, 0.3) is 5.65 Å². The lowest BCUT2D eigenvalue weighted by Gasteiger charge is -2.26. The molecule has 2 aromatic rings. The Morgan fingerprint density at radius 2 is 2.35 bits per heavy atom. The Labute approximate surface area is 105 Å². The predicted octanol–water partition coefficient (Wildman–Crippen LogP) is 2.18. The zero-order valence-corrected chi connectivity index (χ0v) is 10.5. The first-order chi connectivity index (χ1) is 8.29. The molecule has 0 bridgehead atoms. The van der Waals surface area contributed by atoms with Gasteiger partial charge in [-0.3, -0.25) is 0 Å². The Morgan fingerprint density at radius 3 is 3.18 bits per heavy atom. The molecule has 0 N–H and O–H groups in total. The Morgan fingerprint density at radius 1 is 1.47 bits per heavy atom. The van der Waals surface area contributed by atoms with Gasteiger partial charge in [0.05, 0.1) is 6.20 Å². The summed E-state index contributed by atoms with van der Waals surface area (Å²) < 4.78 is 1.78. The van der Waals surface area contributed by atoms with Gasteiger partial charge in [0.25, 0.3) is 0 Å². The lowest BCUT2D eigenvalue weighted by Crippen LogP contribution is -2.34. The molecule has 90 valence electrons. The standard InChI is InChI=1S/C12H15ClN4/c1-9-3-6-16(10(9)8-13)11-4-7-17-12(15-11)2-5-14-17/h2,4-5,7,9-10H,3,6,8H2,1H3. The molecule has 3 heterocycles. The van der Waals surface area contributed by atoms with Crippen molar-refractivity contribution in [2.45, 2.75) is 19.4 Å². The van der Waals surface area contributed by atoms with Crippen LogP contribution in [0.5, 0.6) is 0 Å². The van der Waals surface area contributed by atoms with Gasteiger partial charge in [0, 0.05) is 30.7 Å². The highest BCUT2D eigenvalue weighted by Crippen LogP contribution is 2.29. The first-order valence-corrected chi connectivity index (χ1v) is 6.46. The molecular weight excluding hydrogens is 236 g/mol. The number of hydrogen-bond acceptors (Lipinski definition) is 3. The maximum Gasteiger partial charge on any atom is 0.157 e. The van der Waals surface area contributed by atoms with Crippen molar-refractivity contribution in [3.63, 3.8) is 0 Å². The Hall–Kier alpha value is -1.29. The summed E-state index contributed by atoms with van der Waals surface area (Å²) in [6.07, 6.45) is 4.90. The summed E-state index contributed by atoms with van der Waals surface area (Å²) in [5, 5.41) is 4.15. The number of nitrogens with zero attached hydrogens (tertiary/aromatic N) is 4. The van der Waals surface area contributed by atoms with Crippen molar-refractivity contribution in [3.05, 3.63) is 24.5 Å². The second-order valence-corrected chi connectivity index (χ2v) is 4.91. The Kier molecular flexibility index (Phi) is 2.67. The second kappa shape index (κ2) is 4.18. The number of fused-ring (bicyclic) bond motifs is 1. The lowest BCUT2D eigenvalue weighted by atomic mass is 10.1. The van der Waals surface area contributed by atoms with Crippen molar-refractivity contribution in [1.82, 2.24) is 14.6 Å². The fraction of sp³-hybridized carbons (Fsp3) is 0.500. The third-order valence-electron chi connectivity index (χ3n) is 3.58. The summed E-state index contributed by atoms with van der Waals surface area (Å²) in [6.45, 7) is 3.29. The SMILES string of the molecule is CC1CCN(c2ccn3nccc3n2)C1CCl. The van der Waals surface area contributed by atoms with E-state index in [9.17, 15) is 0 Å². The van der Waals surface area contributed by atoms with Crippen molar-refractivity contribution in [2.75, 3.05) is 17.3 Å². The maximum absolute atomic E-state index is 6.06. The highest BCUT2D eigenvalue weighted by atomic mass is 35.5. The van der Waals surface area contributed by atoms with E-state index in [0.29, 0.717) is 17.8 Å². The van der Waals surface area contributed by atoms with Crippen molar-refractivity contribution < 1.29 is 0 Å². The van der Waals surface area contributed by atoms with E-state index in [-0.39, 0.29) is 0 Å². The number of halogens is 1. The zero-order chi connectivity index (χ0) is 11.8. The van der Waals surface area contributed by atoms with Crippen molar-refractivity contribution >= 4 is 23.1 Å². The van der Waals surface area contributed by atoms with Crippen LogP contribution in [0, 0.1) is 5.92 Å². The second-order valence-electron chi connectivity index (χ2n) is 4.60. The largest absolute Gasteiger partial charge is 0.352 e. The average Bonchev–Trinajstić information content (AvgIpc) is 2.93. The number of rotatable bonds is 2. The van der Waals surface area contributed by atoms with Gasteiger partial charge < -0.3 is 4.90 Å². The molecule has 2 unspecified atom stereocenters. The van der Waals surface area contributed by atoms with Crippen LogP contribution in [0.1, 0.15) is 13.3 Å². The molecular formula is C12H15ClN4. The molecule has 1 aliphatic heterocycles. The molecule has 0 aromatic carbocycles. The monoisotopic (exact) mass is 250 g/mol. The van der Waals surface area contributed by atoms with E-state index in [4.69, 9.17) is 11.6 Å². The normalized spacial score (nSPS) is 24.7. The van der Waals surface area contributed by atoms with Crippen LogP contribution in [0.2, 0.25) is 0 Å². The minimum Gasteiger partial charge on any atom is -0.352 e. The molecule has 1 fully saturated rings. The zero-order valence-electron chi connectivity index (χ0n) is 9.75. The van der Waals surface area contributed by atoms with E-state index in [1.54, 1.807) is 10.7 Å². The van der Waals surface area contributed by atoms with Gasteiger partial charge in [-0.15, -0.1) is 11.6 Å². The van der Waals surface area contributed by atoms with Crippen molar-refractivity contribution in [3.8, 4) is 0 Å². The number of alkyl halides is 1. The van der Waals surface area contributed by atoms with Gasteiger partial charge in [0.15, 0.2) is 5.65 Å². The summed E-state index contributed by atoms with van der Waals surface area (Å²) in [5.74, 6) is 2.30. The highest BCUT2D eigenvalue weighted by Gasteiger charge is 2.31. The molecule has 0 amide bonds. The van der Waals surface area contributed by atoms with Gasteiger partial charge in [-0.05, 0) is 18.4 Å². The Bertz CT molecular complexity index is 524. The van der Waals surface area contributed by atoms with Crippen LogP contribution in [0.15, 0.2) is 24.5 Å². The molecule has 5 heteroatoms. The molecule has 0 saturated carbocycles.